The predicted molar refractivity (Wildman–Crippen MR) is 57.6 cm³/mol. The number of carbonyl (C=O) groups excluding carboxylic acids is 2. The van der Waals surface area contributed by atoms with Crippen LogP contribution in [0.25, 0.3) is 10.8 Å². The number of Topliss-reactive ketones (excluding diaryl/α,β-unsaturated/α-hetero) is 2. The van der Waals surface area contributed by atoms with Crippen molar-refractivity contribution in [1.29, 1.82) is 0 Å². The molecule has 0 aliphatic heterocycles. The molecule has 0 N–H and O–H groups in total. The van der Waals surface area contributed by atoms with E-state index in [1.165, 1.54) is 0 Å². The summed E-state index contributed by atoms with van der Waals surface area (Å²) in [5.41, 5.74) is 0.919. The number of rotatable bonds is 0. The van der Waals surface area contributed by atoms with Crippen LogP contribution in [0.15, 0.2) is 30.3 Å². The summed E-state index contributed by atoms with van der Waals surface area (Å²) in [5.74, 6) is -0.887. The van der Waals surface area contributed by atoms with Crippen molar-refractivity contribution in [1.82, 2.24) is 0 Å². The fourth-order valence-electron chi connectivity index (χ4n) is 2.00. The topological polar surface area (TPSA) is 34.1 Å². The summed E-state index contributed by atoms with van der Waals surface area (Å²) in [6, 6.07) is 8.59. The fraction of sp³-hybridized carbons (Fsp3) is 0. The quantitative estimate of drug-likeness (QED) is 0.635. The first kappa shape index (κ1) is 8.62. The van der Waals surface area contributed by atoms with Crippen molar-refractivity contribution >= 4 is 33.9 Å². The maximum absolute atomic E-state index is 11.6. The van der Waals surface area contributed by atoms with Crippen LogP contribution in [0.3, 0.4) is 0 Å². The molecule has 0 atom stereocenters. The molecule has 3 rings (SSSR count). The zero-order chi connectivity index (χ0) is 10.6. The van der Waals surface area contributed by atoms with Gasteiger partial charge in [0.2, 0.25) is 11.6 Å². The lowest BCUT2D eigenvalue weighted by molar-refractivity contribution is 0.0825. The van der Waals surface area contributed by atoms with E-state index in [1.54, 1.807) is 24.3 Å². The van der Waals surface area contributed by atoms with Crippen molar-refractivity contribution in [2.75, 3.05) is 0 Å². The second-order valence-corrected chi connectivity index (χ2v) is 3.95. The molecular formula is C12H5ClO2. The lowest BCUT2D eigenvalue weighted by Crippen LogP contribution is -2.05. The van der Waals surface area contributed by atoms with Crippen molar-refractivity contribution in [2.24, 2.45) is 0 Å². The summed E-state index contributed by atoms with van der Waals surface area (Å²) in [6.45, 7) is 0. The second-order valence-electron chi connectivity index (χ2n) is 3.52. The highest BCUT2D eigenvalue weighted by atomic mass is 35.5. The normalized spacial score (nSPS) is 13.9. The molecule has 3 heteroatoms. The van der Waals surface area contributed by atoms with E-state index in [0.29, 0.717) is 16.1 Å². The van der Waals surface area contributed by atoms with Crippen LogP contribution < -0.4 is 0 Å². The van der Waals surface area contributed by atoms with Gasteiger partial charge in [-0.3, -0.25) is 9.59 Å². The average molecular weight is 217 g/mol. The third-order valence-electron chi connectivity index (χ3n) is 2.64. The molecule has 0 fully saturated rings. The summed E-state index contributed by atoms with van der Waals surface area (Å²) in [5, 5.41) is 2.06. The highest BCUT2D eigenvalue weighted by Gasteiger charge is 2.30. The van der Waals surface area contributed by atoms with E-state index >= 15 is 0 Å². The Labute approximate surface area is 90.5 Å². The standard InChI is InChI=1S/C12H5ClO2/c13-7-4-6-2-1-3-8-10(6)9(5-7)12(15)11(8)14/h1-5H. The van der Waals surface area contributed by atoms with Crippen LogP contribution in [0.1, 0.15) is 20.7 Å². The van der Waals surface area contributed by atoms with E-state index < -0.39 is 11.6 Å². The summed E-state index contributed by atoms with van der Waals surface area (Å²) >= 11 is 5.88. The summed E-state index contributed by atoms with van der Waals surface area (Å²) < 4.78 is 0. The van der Waals surface area contributed by atoms with Crippen LogP contribution in [0.4, 0.5) is 0 Å². The second kappa shape index (κ2) is 2.67. The maximum atomic E-state index is 11.6. The monoisotopic (exact) mass is 216 g/mol. The van der Waals surface area contributed by atoms with Crippen LogP contribution in [0.2, 0.25) is 5.02 Å². The Balaban J connectivity index is 2.59. The van der Waals surface area contributed by atoms with Crippen LogP contribution in [-0.2, 0) is 0 Å². The van der Waals surface area contributed by atoms with Crippen molar-refractivity contribution in [3.8, 4) is 0 Å². The van der Waals surface area contributed by atoms with Gasteiger partial charge < -0.3 is 0 Å². The van der Waals surface area contributed by atoms with Crippen LogP contribution >= 0.6 is 11.6 Å². The SMILES string of the molecule is O=C1C(=O)c2cc(Cl)cc3cccc1c23. The van der Waals surface area contributed by atoms with Gasteiger partial charge in [0.1, 0.15) is 0 Å². The Hall–Kier alpha value is -1.67. The average Bonchev–Trinajstić information content (AvgIpc) is 2.46. The van der Waals surface area contributed by atoms with Crippen molar-refractivity contribution in [2.45, 2.75) is 0 Å². The minimum absolute atomic E-state index is 0.429. The molecule has 0 radical (unpaired) electrons. The van der Waals surface area contributed by atoms with E-state index in [2.05, 4.69) is 0 Å². The Morgan fingerprint density at radius 3 is 2.47 bits per heavy atom. The smallest absolute Gasteiger partial charge is 0.234 e. The van der Waals surface area contributed by atoms with Gasteiger partial charge in [0, 0.05) is 21.5 Å². The minimum atomic E-state index is -0.455. The molecule has 0 spiro atoms. The number of ketones is 2. The van der Waals surface area contributed by atoms with Crippen LogP contribution in [0, 0.1) is 0 Å². The van der Waals surface area contributed by atoms with Gasteiger partial charge in [-0.05, 0) is 17.5 Å². The number of hydrogen-bond donors (Lipinski definition) is 0. The van der Waals surface area contributed by atoms with Crippen LogP contribution in [0.5, 0.6) is 0 Å². The van der Waals surface area contributed by atoms with Gasteiger partial charge in [-0.2, -0.15) is 0 Å². The van der Waals surface area contributed by atoms with Gasteiger partial charge in [0.25, 0.3) is 0 Å². The molecule has 1 aliphatic rings. The van der Waals surface area contributed by atoms with Gasteiger partial charge in [-0.25, -0.2) is 0 Å². The first-order chi connectivity index (χ1) is 7.18. The van der Waals surface area contributed by atoms with Gasteiger partial charge in [0.15, 0.2) is 0 Å². The highest BCUT2D eigenvalue weighted by molar-refractivity contribution is 6.57. The summed E-state index contributed by atoms with van der Waals surface area (Å²) in [4.78, 5) is 23.2. The molecule has 0 unspecified atom stereocenters. The molecule has 0 saturated carbocycles. The Morgan fingerprint density at radius 2 is 1.67 bits per heavy atom. The Kier molecular flexibility index (Phi) is 1.54. The Bertz CT molecular complexity index is 629. The Morgan fingerprint density at radius 1 is 0.933 bits per heavy atom. The maximum Gasteiger partial charge on any atom is 0.234 e. The summed E-state index contributed by atoms with van der Waals surface area (Å²) in [7, 11) is 0. The zero-order valence-corrected chi connectivity index (χ0v) is 8.34. The predicted octanol–water partition coefficient (Wildman–Crippen LogP) is 2.87. The first-order valence-electron chi connectivity index (χ1n) is 4.50. The van der Waals surface area contributed by atoms with Crippen molar-refractivity contribution in [3.05, 3.63) is 46.5 Å². The number of carbonyl (C=O) groups is 2. The molecule has 0 amide bonds. The fourth-order valence-corrected chi connectivity index (χ4v) is 2.23. The number of halogens is 1. The molecule has 2 aromatic carbocycles. The number of benzene rings is 2. The lowest BCUT2D eigenvalue weighted by Gasteiger charge is -1.99. The van der Waals surface area contributed by atoms with Gasteiger partial charge in [-0.1, -0.05) is 29.8 Å². The summed E-state index contributed by atoms with van der Waals surface area (Å²) in [6.07, 6.45) is 0. The molecule has 2 nitrogen and oxygen atoms in total. The lowest BCUT2D eigenvalue weighted by atomic mass is 10.1. The minimum Gasteiger partial charge on any atom is -0.285 e. The number of hydrogen-bond acceptors (Lipinski definition) is 2. The molecule has 1 aliphatic carbocycles. The van der Waals surface area contributed by atoms with E-state index in [1.807, 2.05) is 6.07 Å². The first-order valence-corrected chi connectivity index (χ1v) is 4.87. The zero-order valence-electron chi connectivity index (χ0n) is 7.58. The molecular weight excluding hydrogens is 212 g/mol. The molecule has 0 bridgehead atoms. The molecule has 0 heterocycles. The molecule has 2 aromatic rings. The molecule has 0 aromatic heterocycles. The van der Waals surface area contributed by atoms with E-state index in [-0.39, 0.29) is 0 Å². The van der Waals surface area contributed by atoms with E-state index in [0.717, 1.165) is 10.8 Å². The van der Waals surface area contributed by atoms with Crippen molar-refractivity contribution in [3.63, 3.8) is 0 Å². The van der Waals surface area contributed by atoms with Crippen molar-refractivity contribution < 1.29 is 9.59 Å². The van der Waals surface area contributed by atoms with E-state index in [4.69, 9.17) is 11.6 Å². The van der Waals surface area contributed by atoms with Gasteiger partial charge in [-0.15, -0.1) is 0 Å². The molecule has 15 heavy (non-hydrogen) atoms. The van der Waals surface area contributed by atoms with Gasteiger partial charge in [0.05, 0.1) is 0 Å². The third-order valence-corrected chi connectivity index (χ3v) is 2.86. The van der Waals surface area contributed by atoms with E-state index in [9.17, 15) is 9.59 Å². The van der Waals surface area contributed by atoms with Gasteiger partial charge >= 0.3 is 0 Å². The third kappa shape index (κ3) is 0.997. The molecule has 72 valence electrons. The largest absolute Gasteiger partial charge is 0.285 e. The molecule has 0 saturated heterocycles. The highest BCUT2D eigenvalue weighted by Crippen LogP contribution is 2.33. The van der Waals surface area contributed by atoms with Crippen LogP contribution in [-0.4, -0.2) is 11.6 Å².